The van der Waals surface area contributed by atoms with Gasteiger partial charge in [-0.15, -0.1) is 0 Å². The number of rotatable bonds is 4. The molecule has 1 nitrogen and oxygen atoms in total. The van der Waals surface area contributed by atoms with Crippen LogP contribution in [0.2, 0.25) is 0 Å². The molecule has 0 rings (SSSR count). The van der Waals surface area contributed by atoms with Crippen molar-refractivity contribution in [3.8, 4) is 0 Å². The van der Waals surface area contributed by atoms with Crippen LogP contribution in [-0.4, -0.2) is 24.5 Å². The first-order valence-corrected chi connectivity index (χ1v) is 5.07. The van der Waals surface area contributed by atoms with Crippen LogP contribution in [-0.2, 0) is 0 Å². The summed E-state index contributed by atoms with van der Waals surface area (Å²) >= 11 is 0. The Balaban J connectivity index is 4.77. The van der Waals surface area contributed by atoms with Crippen molar-refractivity contribution >= 4 is 0 Å². The second-order valence-corrected chi connectivity index (χ2v) is 4.55. The van der Waals surface area contributed by atoms with Crippen LogP contribution in [0.4, 0.5) is 0 Å². The third-order valence-electron chi connectivity index (χ3n) is 3.40. The van der Waals surface area contributed by atoms with Gasteiger partial charge < -0.3 is 4.90 Å². The van der Waals surface area contributed by atoms with Crippen LogP contribution in [0.5, 0.6) is 0 Å². The molecule has 0 heterocycles. The normalized spacial score (nSPS) is 13.5. The topological polar surface area (TPSA) is 3.24 Å². The van der Waals surface area contributed by atoms with Crippen molar-refractivity contribution in [1.29, 1.82) is 0 Å². The van der Waals surface area contributed by atoms with Gasteiger partial charge in [0.1, 0.15) is 0 Å². The Bertz CT molecular complexity index is 103. The Labute approximate surface area is 78.1 Å². The van der Waals surface area contributed by atoms with Gasteiger partial charge in [-0.05, 0) is 32.4 Å². The Hall–Kier alpha value is -0.0400. The molecule has 0 N–H and O–H groups in total. The number of nitrogens with zero attached hydrogens (tertiary/aromatic N) is 1. The fourth-order valence-electron chi connectivity index (χ4n) is 2.83. The van der Waals surface area contributed by atoms with Gasteiger partial charge in [-0.25, -0.2) is 0 Å². The maximum Gasteiger partial charge on any atom is 0.0246 e. The lowest BCUT2D eigenvalue weighted by Gasteiger charge is -2.46. The summed E-state index contributed by atoms with van der Waals surface area (Å²) in [5.74, 6) is 1.44. The molecule has 0 saturated heterocycles. The molecule has 74 valence electrons. The zero-order chi connectivity index (χ0) is 9.94. The van der Waals surface area contributed by atoms with Crippen LogP contribution in [0, 0.1) is 11.8 Å². The lowest BCUT2D eigenvalue weighted by atomic mass is 9.74. The smallest absolute Gasteiger partial charge is 0.0246 e. The molecule has 0 aliphatic carbocycles. The van der Waals surface area contributed by atoms with Crippen molar-refractivity contribution in [2.75, 3.05) is 14.1 Å². The molecule has 0 saturated carbocycles. The molecule has 0 aliphatic heterocycles. The van der Waals surface area contributed by atoms with E-state index in [-0.39, 0.29) is 0 Å². The predicted octanol–water partition coefficient (Wildman–Crippen LogP) is 3.01. The van der Waals surface area contributed by atoms with Crippen molar-refractivity contribution in [2.24, 2.45) is 11.8 Å². The molecule has 0 aromatic carbocycles. The first-order chi connectivity index (χ1) is 5.39. The molecule has 0 aliphatic rings. The third kappa shape index (κ3) is 1.82. The van der Waals surface area contributed by atoms with E-state index in [0.717, 1.165) is 11.8 Å². The standard InChI is InChI=1S/C11H25N/c1-8-11(9(2)3,10(4)5)12(6)7/h9-10H,8H2,1-7H3. The molecule has 0 radical (unpaired) electrons. The van der Waals surface area contributed by atoms with E-state index >= 15 is 0 Å². The van der Waals surface area contributed by atoms with Crippen molar-refractivity contribution in [2.45, 2.75) is 46.6 Å². The Kier molecular flexibility index (Phi) is 4.25. The Morgan fingerprint density at radius 1 is 1.00 bits per heavy atom. The zero-order valence-electron chi connectivity index (χ0n) is 9.81. The monoisotopic (exact) mass is 171 g/mol. The van der Waals surface area contributed by atoms with Crippen LogP contribution in [0.15, 0.2) is 0 Å². The predicted molar refractivity (Wildman–Crippen MR) is 56.4 cm³/mol. The summed E-state index contributed by atoms with van der Waals surface area (Å²) in [5, 5.41) is 0. The fraction of sp³-hybridized carbons (Fsp3) is 1.00. The molecule has 0 bridgehead atoms. The van der Waals surface area contributed by atoms with Crippen molar-refractivity contribution in [1.82, 2.24) is 4.90 Å². The van der Waals surface area contributed by atoms with E-state index < -0.39 is 0 Å². The van der Waals surface area contributed by atoms with Crippen LogP contribution in [0.1, 0.15) is 41.0 Å². The highest BCUT2D eigenvalue weighted by atomic mass is 15.2. The SMILES string of the molecule is CCC(C(C)C)(C(C)C)N(C)C. The average Bonchev–Trinajstić information content (AvgIpc) is 1.86. The minimum absolute atomic E-state index is 0.375. The van der Waals surface area contributed by atoms with E-state index in [9.17, 15) is 0 Å². The molecule has 12 heavy (non-hydrogen) atoms. The molecule has 0 spiro atoms. The lowest BCUT2D eigenvalue weighted by Crippen LogP contribution is -2.52. The maximum absolute atomic E-state index is 2.39. The van der Waals surface area contributed by atoms with Gasteiger partial charge in [0.15, 0.2) is 0 Å². The van der Waals surface area contributed by atoms with E-state index in [0.29, 0.717) is 5.54 Å². The average molecular weight is 171 g/mol. The molecule has 0 atom stereocenters. The highest BCUT2D eigenvalue weighted by Gasteiger charge is 2.37. The Morgan fingerprint density at radius 3 is 1.33 bits per heavy atom. The minimum atomic E-state index is 0.375. The summed E-state index contributed by atoms with van der Waals surface area (Å²) in [6.07, 6.45) is 1.23. The summed E-state index contributed by atoms with van der Waals surface area (Å²) in [5.41, 5.74) is 0.375. The summed E-state index contributed by atoms with van der Waals surface area (Å²) in [6.45, 7) is 11.6. The first kappa shape index (κ1) is 12.0. The molecule has 0 fully saturated rings. The molecule has 0 amide bonds. The van der Waals surface area contributed by atoms with Crippen LogP contribution >= 0.6 is 0 Å². The summed E-state index contributed by atoms with van der Waals surface area (Å²) < 4.78 is 0. The summed E-state index contributed by atoms with van der Waals surface area (Å²) in [6, 6.07) is 0. The summed E-state index contributed by atoms with van der Waals surface area (Å²) in [4.78, 5) is 2.39. The minimum Gasteiger partial charge on any atom is -0.303 e. The van der Waals surface area contributed by atoms with Gasteiger partial charge in [0, 0.05) is 5.54 Å². The van der Waals surface area contributed by atoms with E-state index in [1.807, 2.05) is 0 Å². The highest BCUT2D eigenvalue weighted by Crippen LogP contribution is 2.33. The van der Waals surface area contributed by atoms with Crippen LogP contribution in [0.3, 0.4) is 0 Å². The molecule has 0 aromatic heterocycles. The largest absolute Gasteiger partial charge is 0.303 e. The van der Waals surface area contributed by atoms with Gasteiger partial charge in [-0.1, -0.05) is 34.6 Å². The van der Waals surface area contributed by atoms with Gasteiger partial charge in [0.05, 0.1) is 0 Å². The van der Waals surface area contributed by atoms with Crippen molar-refractivity contribution < 1.29 is 0 Å². The number of hydrogen-bond acceptors (Lipinski definition) is 1. The highest BCUT2D eigenvalue weighted by molar-refractivity contribution is 4.92. The Morgan fingerprint density at radius 2 is 1.33 bits per heavy atom. The second-order valence-electron chi connectivity index (χ2n) is 4.55. The molecule has 1 heteroatoms. The van der Waals surface area contributed by atoms with Gasteiger partial charge >= 0.3 is 0 Å². The molecular formula is C11H25N. The fourth-order valence-corrected chi connectivity index (χ4v) is 2.83. The van der Waals surface area contributed by atoms with Crippen LogP contribution < -0.4 is 0 Å². The van der Waals surface area contributed by atoms with Gasteiger partial charge in [0.2, 0.25) is 0 Å². The lowest BCUT2D eigenvalue weighted by molar-refractivity contribution is 0.0408. The van der Waals surface area contributed by atoms with E-state index in [2.05, 4.69) is 53.6 Å². The zero-order valence-corrected chi connectivity index (χ0v) is 9.81. The molecular weight excluding hydrogens is 146 g/mol. The third-order valence-corrected chi connectivity index (χ3v) is 3.40. The van der Waals surface area contributed by atoms with E-state index in [1.54, 1.807) is 0 Å². The van der Waals surface area contributed by atoms with Gasteiger partial charge in [-0.3, -0.25) is 0 Å². The van der Waals surface area contributed by atoms with Gasteiger partial charge in [0.25, 0.3) is 0 Å². The van der Waals surface area contributed by atoms with Crippen molar-refractivity contribution in [3.63, 3.8) is 0 Å². The summed E-state index contributed by atoms with van der Waals surface area (Å²) in [7, 11) is 4.40. The maximum atomic E-state index is 2.39. The molecule has 0 unspecified atom stereocenters. The molecule has 0 aromatic rings. The first-order valence-electron chi connectivity index (χ1n) is 5.07. The van der Waals surface area contributed by atoms with Crippen molar-refractivity contribution in [3.05, 3.63) is 0 Å². The van der Waals surface area contributed by atoms with E-state index in [4.69, 9.17) is 0 Å². The number of hydrogen-bond donors (Lipinski definition) is 0. The van der Waals surface area contributed by atoms with Gasteiger partial charge in [-0.2, -0.15) is 0 Å². The van der Waals surface area contributed by atoms with Crippen LogP contribution in [0.25, 0.3) is 0 Å². The van der Waals surface area contributed by atoms with E-state index in [1.165, 1.54) is 6.42 Å². The quantitative estimate of drug-likeness (QED) is 0.628. The second kappa shape index (κ2) is 4.27.